The molecule has 0 atom stereocenters. The second-order valence-corrected chi connectivity index (χ2v) is 5.97. The first-order valence-electron chi connectivity index (χ1n) is 5.18. The first kappa shape index (κ1) is 14.7. The van der Waals surface area contributed by atoms with Crippen LogP contribution in [0.3, 0.4) is 0 Å². The average Bonchev–Trinajstić information content (AvgIpc) is 2.21. The molecule has 6 heteroatoms. The molecule has 0 saturated carbocycles. The number of benzene rings is 1. The van der Waals surface area contributed by atoms with Crippen LogP contribution >= 0.6 is 11.6 Å². The number of nitrogens with one attached hydrogen (secondary N) is 1. The molecule has 1 aromatic carbocycles. The fourth-order valence-corrected chi connectivity index (χ4v) is 3.08. The monoisotopic (exact) mass is 287 g/mol. The van der Waals surface area contributed by atoms with E-state index in [4.69, 9.17) is 11.6 Å². The van der Waals surface area contributed by atoms with E-state index < -0.39 is 9.84 Å². The molecule has 4 nitrogen and oxygen atoms in total. The fraction of sp³-hybridized carbons (Fsp3) is 0.250. The van der Waals surface area contributed by atoms with Crippen LogP contribution in [-0.4, -0.2) is 14.3 Å². The predicted molar refractivity (Wildman–Crippen MR) is 72.4 cm³/mol. The third-order valence-electron chi connectivity index (χ3n) is 2.37. The quantitative estimate of drug-likeness (QED) is 0.930. The number of aryl methyl sites for hydroxylation is 2. The van der Waals surface area contributed by atoms with Crippen molar-refractivity contribution >= 4 is 33.0 Å². The zero-order chi connectivity index (χ0) is 13.9. The van der Waals surface area contributed by atoms with Crippen molar-refractivity contribution < 1.29 is 13.2 Å². The van der Waals surface area contributed by atoms with Crippen LogP contribution in [0, 0.1) is 13.8 Å². The lowest BCUT2D eigenvalue weighted by molar-refractivity contribution is -0.114. The lowest BCUT2D eigenvalue weighted by Gasteiger charge is -2.11. The summed E-state index contributed by atoms with van der Waals surface area (Å²) in [6.45, 7) is 4.86. The van der Waals surface area contributed by atoms with Gasteiger partial charge in [0.05, 0.1) is 4.90 Å². The summed E-state index contributed by atoms with van der Waals surface area (Å²) in [7, 11) is -3.58. The van der Waals surface area contributed by atoms with Crippen molar-refractivity contribution in [3.63, 3.8) is 0 Å². The highest BCUT2D eigenvalue weighted by Gasteiger charge is 2.16. The maximum Gasteiger partial charge on any atom is 0.221 e. The summed E-state index contributed by atoms with van der Waals surface area (Å²) in [5.74, 6) is -0.252. The minimum absolute atomic E-state index is 0.133. The van der Waals surface area contributed by atoms with Crippen LogP contribution in [0.1, 0.15) is 18.1 Å². The molecule has 0 unspecified atom stereocenters. The molecule has 0 aliphatic rings. The second-order valence-electron chi connectivity index (χ2n) is 3.92. The van der Waals surface area contributed by atoms with Gasteiger partial charge in [-0.05, 0) is 31.0 Å². The molecule has 1 rings (SSSR count). The molecule has 0 spiro atoms. The molecule has 1 amide bonds. The summed E-state index contributed by atoms with van der Waals surface area (Å²) in [5, 5.41) is 3.51. The van der Waals surface area contributed by atoms with Crippen molar-refractivity contribution in [3.05, 3.63) is 34.2 Å². The maximum absolute atomic E-state index is 11.9. The summed E-state index contributed by atoms with van der Waals surface area (Å²) < 4.78 is 23.8. The number of carbonyl (C=O) groups excluding carboxylic acids is 1. The summed E-state index contributed by atoms with van der Waals surface area (Å²) in [4.78, 5) is 11.2. The molecule has 18 heavy (non-hydrogen) atoms. The molecule has 1 aromatic rings. The van der Waals surface area contributed by atoms with E-state index in [-0.39, 0.29) is 10.8 Å². The average molecular weight is 288 g/mol. The Kier molecular flexibility index (Phi) is 4.53. The summed E-state index contributed by atoms with van der Waals surface area (Å²) in [6.07, 6.45) is 0. The zero-order valence-corrected chi connectivity index (χ0v) is 11.9. The summed E-state index contributed by atoms with van der Waals surface area (Å²) >= 11 is 5.31. The first-order valence-corrected chi connectivity index (χ1v) is 7.17. The normalized spacial score (nSPS) is 11.8. The maximum atomic E-state index is 11.9. The van der Waals surface area contributed by atoms with E-state index in [2.05, 4.69) is 5.32 Å². The van der Waals surface area contributed by atoms with Crippen LogP contribution in [0.4, 0.5) is 5.69 Å². The number of carbonyl (C=O) groups is 1. The molecule has 0 aliphatic carbocycles. The van der Waals surface area contributed by atoms with Gasteiger partial charge in [-0.3, -0.25) is 4.79 Å². The molecule has 0 saturated heterocycles. The Morgan fingerprint density at radius 3 is 2.39 bits per heavy atom. The van der Waals surface area contributed by atoms with Gasteiger partial charge in [-0.15, -0.1) is 0 Å². The second kappa shape index (κ2) is 5.54. The molecule has 0 radical (unpaired) electrons. The van der Waals surface area contributed by atoms with Gasteiger partial charge < -0.3 is 5.32 Å². The smallest absolute Gasteiger partial charge is 0.221 e. The first-order chi connectivity index (χ1) is 8.27. The van der Waals surface area contributed by atoms with Gasteiger partial charge in [-0.25, -0.2) is 8.42 Å². The minimum Gasteiger partial charge on any atom is -0.326 e. The molecule has 0 aliphatic heterocycles. The summed E-state index contributed by atoms with van der Waals surface area (Å²) in [5.41, 5.74) is 2.84. The Bertz CT molecular complexity index is 606. The number of rotatable bonds is 3. The van der Waals surface area contributed by atoms with Crippen LogP contribution in [0.25, 0.3) is 0 Å². The van der Waals surface area contributed by atoms with Crippen LogP contribution in [0.5, 0.6) is 0 Å². The third kappa shape index (κ3) is 3.34. The number of sulfone groups is 1. The van der Waals surface area contributed by atoms with Crippen molar-refractivity contribution in [2.75, 3.05) is 5.32 Å². The standard InChI is InChI=1S/C12H14ClNO3S/c1-8-6-9(2)12(18(16,17)5-4-13)7-11(8)14-10(3)15/h4-7H,1-3H3,(H,14,15). The molecular formula is C12H14ClNO3S. The van der Waals surface area contributed by atoms with E-state index in [0.717, 1.165) is 16.5 Å². The number of anilines is 1. The highest BCUT2D eigenvalue weighted by Crippen LogP contribution is 2.25. The Labute approximate surface area is 112 Å². The highest BCUT2D eigenvalue weighted by molar-refractivity contribution is 7.94. The molecule has 1 N–H and O–H groups in total. The van der Waals surface area contributed by atoms with Gasteiger partial charge in [-0.1, -0.05) is 17.7 Å². The Balaban J connectivity index is 3.42. The number of hydrogen-bond donors (Lipinski definition) is 1. The fourth-order valence-electron chi connectivity index (χ4n) is 1.60. The van der Waals surface area contributed by atoms with Gasteiger partial charge in [0.15, 0.2) is 0 Å². The van der Waals surface area contributed by atoms with E-state index in [1.165, 1.54) is 13.0 Å². The predicted octanol–water partition coefficient (Wildman–Crippen LogP) is 2.75. The topological polar surface area (TPSA) is 63.2 Å². The molecular weight excluding hydrogens is 274 g/mol. The van der Waals surface area contributed by atoms with E-state index in [1.54, 1.807) is 19.9 Å². The lowest BCUT2D eigenvalue weighted by atomic mass is 10.1. The van der Waals surface area contributed by atoms with Crippen molar-refractivity contribution in [3.8, 4) is 0 Å². The Hall–Kier alpha value is -1.33. The van der Waals surface area contributed by atoms with Crippen molar-refractivity contribution in [2.45, 2.75) is 25.7 Å². The van der Waals surface area contributed by atoms with Gasteiger partial charge in [0.25, 0.3) is 0 Å². The highest BCUT2D eigenvalue weighted by atomic mass is 35.5. The Morgan fingerprint density at radius 1 is 1.28 bits per heavy atom. The van der Waals surface area contributed by atoms with E-state index in [0.29, 0.717) is 11.3 Å². The minimum atomic E-state index is -3.58. The van der Waals surface area contributed by atoms with Gasteiger partial charge in [-0.2, -0.15) is 0 Å². The van der Waals surface area contributed by atoms with E-state index in [9.17, 15) is 13.2 Å². The van der Waals surface area contributed by atoms with E-state index >= 15 is 0 Å². The van der Waals surface area contributed by atoms with E-state index in [1.807, 2.05) is 0 Å². The van der Waals surface area contributed by atoms with Crippen LogP contribution in [0.15, 0.2) is 28.0 Å². The SMILES string of the molecule is CC(=O)Nc1cc(S(=O)(=O)C=CCl)c(C)cc1C. The van der Waals surface area contributed by atoms with Gasteiger partial charge >= 0.3 is 0 Å². The third-order valence-corrected chi connectivity index (χ3v) is 4.19. The van der Waals surface area contributed by atoms with Crippen LogP contribution in [-0.2, 0) is 14.6 Å². The molecule has 0 bridgehead atoms. The number of halogens is 1. The molecule has 0 fully saturated rings. The molecule has 0 heterocycles. The Morgan fingerprint density at radius 2 is 1.89 bits per heavy atom. The number of hydrogen-bond acceptors (Lipinski definition) is 3. The van der Waals surface area contributed by atoms with Crippen LogP contribution < -0.4 is 5.32 Å². The molecule has 98 valence electrons. The van der Waals surface area contributed by atoms with Crippen molar-refractivity contribution in [1.29, 1.82) is 0 Å². The van der Waals surface area contributed by atoms with Gasteiger partial charge in [0, 0.05) is 23.6 Å². The summed E-state index contributed by atoms with van der Waals surface area (Å²) in [6, 6.07) is 3.15. The van der Waals surface area contributed by atoms with Crippen LogP contribution in [0.2, 0.25) is 0 Å². The van der Waals surface area contributed by atoms with Gasteiger partial charge in [0.1, 0.15) is 0 Å². The lowest BCUT2D eigenvalue weighted by Crippen LogP contribution is -2.09. The van der Waals surface area contributed by atoms with Gasteiger partial charge in [0.2, 0.25) is 15.7 Å². The zero-order valence-electron chi connectivity index (χ0n) is 10.3. The van der Waals surface area contributed by atoms with Crippen molar-refractivity contribution in [2.24, 2.45) is 0 Å². The number of amides is 1. The van der Waals surface area contributed by atoms with Crippen molar-refractivity contribution in [1.82, 2.24) is 0 Å². The molecule has 0 aromatic heterocycles. The largest absolute Gasteiger partial charge is 0.326 e.